The van der Waals surface area contributed by atoms with E-state index in [9.17, 15) is 4.79 Å². The van der Waals surface area contributed by atoms with Crippen LogP contribution in [0.4, 0.5) is 5.82 Å². The lowest BCUT2D eigenvalue weighted by molar-refractivity contribution is -0.127. The number of carbonyl (C=O) groups excluding carboxylic acids is 1. The topological polar surface area (TPSA) is 49.3 Å². The molecule has 25 heavy (non-hydrogen) atoms. The predicted molar refractivity (Wildman–Crippen MR) is 104 cm³/mol. The van der Waals surface area contributed by atoms with Crippen LogP contribution in [0, 0.1) is 0 Å². The molecule has 0 aliphatic heterocycles. The first kappa shape index (κ1) is 19.5. The zero-order valence-corrected chi connectivity index (χ0v) is 16.3. The van der Waals surface area contributed by atoms with Crippen molar-refractivity contribution in [3.63, 3.8) is 0 Å². The van der Waals surface area contributed by atoms with Crippen LogP contribution in [0.5, 0.6) is 0 Å². The van der Waals surface area contributed by atoms with E-state index in [0.29, 0.717) is 29.2 Å². The number of anilines is 1. The van der Waals surface area contributed by atoms with Crippen molar-refractivity contribution in [3.8, 4) is 0 Å². The average molecular weight is 379 g/mol. The first-order valence-electron chi connectivity index (χ1n) is 8.23. The zero-order valence-electron chi connectivity index (χ0n) is 14.8. The molecule has 1 aromatic heterocycles. The summed E-state index contributed by atoms with van der Waals surface area (Å²) in [5, 5.41) is 0.894. The fourth-order valence-electron chi connectivity index (χ4n) is 2.38. The fraction of sp³-hybridized carbons (Fsp3) is 0.389. The molecule has 0 unspecified atom stereocenters. The summed E-state index contributed by atoms with van der Waals surface area (Å²) in [6, 6.07) is 11.9. The number of thioether (sulfide) groups is 1. The highest BCUT2D eigenvalue weighted by atomic mass is 35.5. The monoisotopic (exact) mass is 378 g/mol. The van der Waals surface area contributed by atoms with E-state index in [1.54, 1.807) is 11.0 Å². The minimum absolute atomic E-state index is 0.0813. The lowest BCUT2D eigenvalue weighted by Crippen LogP contribution is -2.31. The second kappa shape index (κ2) is 9.63. The highest BCUT2D eigenvalue weighted by Crippen LogP contribution is 2.22. The molecule has 0 aliphatic carbocycles. The Hall–Kier alpha value is -1.79. The number of hydrogen-bond acceptors (Lipinski definition) is 5. The molecule has 1 aromatic carbocycles. The molecule has 7 heteroatoms. The molecule has 134 valence electrons. The minimum Gasteiger partial charge on any atom is -0.355 e. The highest BCUT2D eigenvalue weighted by Gasteiger charge is 2.13. The quantitative estimate of drug-likeness (QED) is 0.398. The van der Waals surface area contributed by atoms with Crippen molar-refractivity contribution in [2.45, 2.75) is 25.5 Å². The maximum absolute atomic E-state index is 12.1. The maximum atomic E-state index is 12.1. The van der Waals surface area contributed by atoms with Gasteiger partial charge in [-0.1, -0.05) is 53.7 Å². The van der Waals surface area contributed by atoms with Crippen molar-refractivity contribution in [2.24, 2.45) is 0 Å². The normalized spacial score (nSPS) is 10.6. The van der Waals surface area contributed by atoms with E-state index in [0.717, 1.165) is 12.4 Å². The summed E-state index contributed by atoms with van der Waals surface area (Å²) < 4.78 is 0. The molecular formula is C18H23ClN4OS. The molecule has 0 fully saturated rings. The van der Waals surface area contributed by atoms with Crippen LogP contribution in [-0.4, -0.2) is 46.7 Å². The van der Waals surface area contributed by atoms with Gasteiger partial charge in [0.25, 0.3) is 0 Å². The van der Waals surface area contributed by atoms with Crippen molar-refractivity contribution < 1.29 is 4.79 Å². The van der Waals surface area contributed by atoms with E-state index < -0.39 is 0 Å². The Morgan fingerprint density at radius 1 is 1.16 bits per heavy atom. The number of halogens is 1. The molecule has 0 saturated heterocycles. The van der Waals surface area contributed by atoms with Gasteiger partial charge in [-0.2, -0.15) is 0 Å². The lowest BCUT2D eigenvalue weighted by atomic mass is 10.2. The molecule has 0 N–H and O–H groups in total. The molecule has 5 nitrogen and oxygen atoms in total. The Balaban J connectivity index is 2.05. The Labute approximate surface area is 158 Å². The van der Waals surface area contributed by atoms with E-state index in [1.165, 1.54) is 17.3 Å². The van der Waals surface area contributed by atoms with Crippen molar-refractivity contribution in [2.75, 3.05) is 30.8 Å². The molecule has 1 heterocycles. The van der Waals surface area contributed by atoms with Crippen LogP contribution in [-0.2, 0) is 11.3 Å². The summed E-state index contributed by atoms with van der Waals surface area (Å²) >= 11 is 7.46. The van der Waals surface area contributed by atoms with Crippen LogP contribution in [0.15, 0.2) is 41.6 Å². The lowest BCUT2D eigenvalue weighted by Gasteiger charge is -2.20. The van der Waals surface area contributed by atoms with Gasteiger partial charge in [-0.05, 0) is 19.4 Å². The fourth-order valence-corrected chi connectivity index (χ4v) is 3.36. The average Bonchev–Trinajstić information content (AvgIpc) is 2.61. The van der Waals surface area contributed by atoms with E-state index in [-0.39, 0.29) is 5.91 Å². The molecule has 2 aromatic rings. The summed E-state index contributed by atoms with van der Waals surface area (Å²) in [6.45, 7) is 6.07. The van der Waals surface area contributed by atoms with Gasteiger partial charge in [0.2, 0.25) is 5.91 Å². The molecule has 0 radical (unpaired) electrons. The molecule has 0 bridgehead atoms. The largest absolute Gasteiger partial charge is 0.355 e. The number of aromatic nitrogens is 2. The van der Waals surface area contributed by atoms with Gasteiger partial charge in [-0.15, -0.1) is 0 Å². The van der Waals surface area contributed by atoms with E-state index in [1.807, 2.05) is 44.0 Å². The zero-order chi connectivity index (χ0) is 18.2. The summed E-state index contributed by atoms with van der Waals surface area (Å²) in [5.74, 6) is 1.13. The highest BCUT2D eigenvalue weighted by molar-refractivity contribution is 7.99. The Bertz CT molecular complexity index is 695. The van der Waals surface area contributed by atoms with E-state index in [2.05, 4.69) is 22.1 Å². The van der Waals surface area contributed by atoms with Crippen molar-refractivity contribution in [1.82, 2.24) is 14.9 Å². The van der Waals surface area contributed by atoms with Crippen LogP contribution in [0.1, 0.15) is 19.4 Å². The SMILES string of the molecule is CCN(CC)C(=O)CSc1nc(Cl)cc(N(C)Cc2ccccc2)n1. The summed E-state index contributed by atoms with van der Waals surface area (Å²) in [4.78, 5) is 24.7. The number of benzene rings is 1. The van der Waals surface area contributed by atoms with Crippen LogP contribution in [0.25, 0.3) is 0 Å². The molecule has 0 spiro atoms. The number of amides is 1. The third-order valence-electron chi connectivity index (χ3n) is 3.76. The van der Waals surface area contributed by atoms with Crippen molar-refractivity contribution in [3.05, 3.63) is 47.1 Å². The molecule has 2 rings (SSSR count). The molecule has 1 amide bonds. The number of hydrogen-bond donors (Lipinski definition) is 0. The predicted octanol–water partition coefficient (Wildman–Crippen LogP) is 3.73. The minimum atomic E-state index is 0.0813. The van der Waals surface area contributed by atoms with E-state index >= 15 is 0 Å². The molecule has 0 aliphatic rings. The number of nitrogens with zero attached hydrogens (tertiary/aromatic N) is 4. The first-order valence-corrected chi connectivity index (χ1v) is 9.60. The van der Waals surface area contributed by atoms with Crippen LogP contribution in [0.3, 0.4) is 0 Å². The summed E-state index contributed by atoms with van der Waals surface area (Å²) in [5.41, 5.74) is 1.19. The third-order valence-corrected chi connectivity index (χ3v) is 4.78. The van der Waals surface area contributed by atoms with Gasteiger partial charge < -0.3 is 9.80 Å². The third kappa shape index (κ3) is 5.90. The van der Waals surface area contributed by atoms with Crippen LogP contribution in [0.2, 0.25) is 5.15 Å². The molecule has 0 saturated carbocycles. The van der Waals surface area contributed by atoms with Gasteiger partial charge in [0.15, 0.2) is 5.16 Å². The Morgan fingerprint density at radius 3 is 2.48 bits per heavy atom. The second-order valence-corrected chi connectivity index (χ2v) is 6.86. The Kier molecular flexibility index (Phi) is 7.52. The number of carbonyl (C=O) groups is 1. The smallest absolute Gasteiger partial charge is 0.233 e. The molecular weight excluding hydrogens is 356 g/mol. The Morgan fingerprint density at radius 2 is 1.84 bits per heavy atom. The van der Waals surface area contributed by atoms with E-state index in [4.69, 9.17) is 11.6 Å². The van der Waals surface area contributed by atoms with Crippen LogP contribution >= 0.6 is 23.4 Å². The van der Waals surface area contributed by atoms with Crippen molar-refractivity contribution in [1.29, 1.82) is 0 Å². The summed E-state index contributed by atoms with van der Waals surface area (Å²) in [6.07, 6.45) is 0. The first-order chi connectivity index (χ1) is 12.0. The van der Waals surface area contributed by atoms with Gasteiger partial charge >= 0.3 is 0 Å². The summed E-state index contributed by atoms with van der Waals surface area (Å²) in [7, 11) is 1.96. The number of rotatable bonds is 8. The molecule has 0 atom stereocenters. The van der Waals surface area contributed by atoms with Gasteiger partial charge in [-0.3, -0.25) is 4.79 Å². The standard InChI is InChI=1S/C18H23ClN4OS/c1-4-23(5-2)17(24)13-25-18-20-15(19)11-16(21-18)22(3)12-14-9-7-6-8-10-14/h6-11H,4-5,12-13H2,1-3H3. The van der Waals surface area contributed by atoms with Crippen molar-refractivity contribution >= 4 is 35.1 Å². The van der Waals surface area contributed by atoms with Gasteiger partial charge in [-0.25, -0.2) is 9.97 Å². The van der Waals surface area contributed by atoms with Gasteiger partial charge in [0, 0.05) is 32.7 Å². The van der Waals surface area contributed by atoms with Crippen LogP contribution < -0.4 is 4.90 Å². The second-order valence-electron chi connectivity index (χ2n) is 5.53. The van der Waals surface area contributed by atoms with Gasteiger partial charge in [0.1, 0.15) is 11.0 Å². The van der Waals surface area contributed by atoms with Gasteiger partial charge in [0.05, 0.1) is 5.75 Å². The maximum Gasteiger partial charge on any atom is 0.233 e.